The lowest BCUT2D eigenvalue weighted by Gasteiger charge is -2.41. The molecule has 0 bridgehead atoms. The molecule has 6 nitrogen and oxygen atoms in total. The molecule has 1 aromatic heterocycles. The van der Waals surface area contributed by atoms with Crippen LogP contribution in [0.15, 0.2) is 48.7 Å². The number of hydrogen-bond acceptors (Lipinski definition) is 6. The molecule has 0 saturated carbocycles. The summed E-state index contributed by atoms with van der Waals surface area (Å²) in [6.07, 6.45) is 3.50. The minimum atomic E-state index is -1.98. The summed E-state index contributed by atoms with van der Waals surface area (Å²) in [6, 6.07) is 13.2. The fraction of sp³-hybridized carbons (Fsp3) is 0.556. The van der Waals surface area contributed by atoms with Gasteiger partial charge in [0.2, 0.25) is 0 Å². The maximum absolute atomic E-state index is 12.3. The summed E-state index contributed by atoms with van der Waals surface area (Å²) < 4.78 is 23.4. The largest absolute Gasteiger partial charge is 0.497 e. The zero-order chi connectivity index (χ0) is 25.2. The van der Waals surface area contributed by atoms with Crippen LogP contribution in [0.4, 0.5) is 0 Å². The second-order valence-corrected chi connectivity index (χ2v) is 15.0. The number of ether oxygens (including phenoxy) is 3. The van der Waals surface area contributed by atoms with Crippen molar-refractivity contribution in [3.05, 3.63) is 54.4 Å². The number of carbonyl (C=O) groups excluding carboxylic acids is 1. The van der Waals surface area contributed by atoms with Crippen molar-refractivity contribution in [2.75, 3.05) is 13.7 Å². The van der Waals surface area contributed by atoms with Crippen LogP contribution in [0.1, 0.15) is 52.7 Å². The van der Waals surface area contributed by atoms with Gasteiger partial charge in [-0.25, -0.2) is 0 Å². The van der Waals surface area contributed by atoms with Gasteiger partial charge in [0.15, 0.2) is 8.32 Å². The molecule has 188 valence electrons. The second-order valence-electron chi connectivity index (χ2n) is 10.2. The third-order valence-electron chi connectivity index (χ3n) is 6.53. The molecule has 34 heavy (non-hydrogen) atoms. The average Bonchev–Trinajstić information content (AvgIpc) is 2.80. The van der Waals surface area contributed by atoms with Crippen molar-refractivity contribution in [2.24, 2.45) is 5.92 Å². The highest BCUT2D eigenvalue weighted by Gasteiger charge is 2.40. The van der Waals surface area contributed by atoms with Crippen molar-refractivity contribution in [1.82, 2.24) is 4.98 Å². The van der Waals surface area contributed by atoms with E-state index in [-0.39, 0.29) is 29.6 Å². The third kappa shape index (κ3) is 9.10. The summed E-state index contributed by atoms with van der Waals surface area (Å²) in [6.45, 7) is 14.1. The minimum absolute atomic E-state index is 0.00253. The molecule has 0 aliphatic heterocycles. The zero-order valence-electron chi connectivity index (χ0n) is 21.8. The van der Waals surface area contributed by atoms with Gasteiger partial charge < -0.3 is 18.6 Å². The molecule has 0 amide bonds. The highest BCUT2D eigenvalue weighted by molar-refractivity contribution is 6.74. The number of hydrogen-bond donors (Lipinski definition) is 0. The Hall–Kier alpha value is -2.38. The van der Waals surface area contributed by atoms with Crippen molar-refractivity contribution in [3.8, 4) is 11.5 Å². The molecular weight excluding hydrogens is 446 g/mol. The van der Waals surface area contributed by atoms with Crippen LogP contribution in [-0.2, 0) is 20.6 Å². The zero-order valence-corrected chi connectivity index (χ0v) is 22.8. The number of methoxy groups -OCH3 is 1. The molecule has 7 heteroatoms. The molecule has 0 aliphatic rings. The molecule has 0 unspecified atom stereocenters. The molecule has 1 heterocycles. The van der Waals surface area contributed by atoms with Gasteiger partial charge in [0.25, 0.3) is 0 Å². The smallest absolute Gasteiger partial charge is 0.306 e. The van der Waals surface area contributed by atoms with Crippen LogP contribution in [0, 0.1) is 5.92 Å². The Bertz CT molecular complexity index is 865. The first-order valence-electron chi connectivity index (χ1n) is 12.0. The van der Waals surface area contributed by atoms with E-state index in [4.69, 9.17) is 18.6 Å². The Balaban J connectivity index is 1.92. The van der Waals surface area contributed by atoms with Crippen molar-refractivity contribution >= 4 is 14.3 Å². The van der Waals surface area contributed by atoms with E-state index in [0.29, 0.717) is 19.4 Å². The Morgan fingerprint density at radius 2 is 1.71 bits per heavy atom. The van der Waals surface area contributed by atoms with Gasteiger partial charge in [-0.3, -0.25) is 9.78 Å². The molecule has 2 aromatic rings. The molecule has 0 N–H and O–H groups in total. The van der Waals surface area contributed by atoms with Crippen LogP contribution in [0.2, 0.25) is 18.1 Å². The molecule has 0 fully saturated rings. The number of pyridine rings is 1. The van der Waals surface area contributed by atoms with Gasteiger partial charge in [-0.1, -0.05) is 33.8 Å². The van der Waals surface area contributed by atoms with Gasteiger partial charge in [-0.05, 0) is 66.9 Å². The lowest BCUT2D eigenvalue weighted by Crippen LogP contribution is -2.46. The van der Waals surface area contributed by atoms with Crippen molar-refractivity contribution in [2.45, 2.75) is 77.8 Å². The van der Waals surface area contributed by atoms with E-state index in [0.717, 1.165) is 23.6 Å². The quantitative estimate of drug-likeness (QED) is 0.240. The topological polar surface area (TPSA) is 66.9 Å². The third-order valence-corrected chi connectivity index (χ3v) is 11.0. The number of nitrogens with zero attached hydrogens (tertiary/aromatic N) is 1. The van der Waals surface area contributed by atoms with Crippen LogP contribution in [-0.4, -0.2) is 39.1 Å². The maximum Gasteiger partial charge on any atom is 0.306 e. The van der Waals surface area contributed by atoms with E-state index in [9.17, 15) is 4.79 Å². The summed E-state index contributed by atoms with van der Waals surface area (Å²) in [7, 11) is -0.337. The van der Waals surface area contributed by atoms with Crippen molar-refractivity contribution in [3.63, 3.8) is 0 Å². The second kappa shape index (κ2) is 12.9. The summed E-state index contributed by atoms with van der Waals surface area (Å²) in [5.41, 5.74) is 0.749. The van der Waals surface area contributed by atoms with Crippen molar-refractivity contribution < 1.29 is 23.4 Å². The van der Waals surface area contributed by atoms with Crippen LogP contribution >= 0.6 is 0 Å². The fourth-order valence-electron chi connectivity index (χ4n) is 3.22. The number of benzene rings is 1. The molecule has 2 rings (SSSR count). The first kappa shape index (κ1) is 27.9. The predicted molar refractivity (Wildman–Crippen MR) is 138 cm³/mol. The summed E-state index contributed by atoms with van der Waals surface area (Å²) in [5.74, 6) is 1.58. The van der Waals surface area contributed by atoms with E-state index in [1.54, 1.807) is 13.3 Å². The number of carbonyl (C=O) groups is 1. The normalized spacial score (nSPS) is 13.7. The first-order valence-corrected chi connectivity index (χ1v) is 14.9. The molecule has 2 atom stereocenters. The van der Waals surface area contributed by atoms with Crippen LogP contribution in [0.5, 0.6) is 11.5 Å². The monoisotopic (exact) mass is 487 g/mol. The Kier molecular flexibility index (Phi) is 10.6. The van der Waals surface area contributed by atoms with Gasteiger partial charge in [0.05, 0.1) is 25.5 Å². The van der Waals surface area contributed by atoms with Gasteiger partial charge in [-0.2, -0.15) is 0 Å². The van der Waals surface area contributed by atoms with Gasteiger partial charge in [0, 0.05) is 19.0 Å². The SMILES string of the molecule is COc1ccc(OCC[C@@H](O[Si](C)(C)C(C)(C)C)[C@@H](C)CCC(=O)OCc2ccccn2)cc1. The number of rotatable bonds is 13. The minimum Gasteiger partial charge on any atom is -0.497 e. The molecule has 0 radical (unpaired) electrons. The van der Waals surface area contributed by atoms with E-state index >= 15 is 0 Å². The molecule has 0 spiro atoms. The predicted octanol–water partition coefficient (Wildman–Crippen LogP) is 6.41. The van der Waals surface area contributed by atoms with E-state index in [1.807, 2.05) is 42.5 Å². The van der Waals surface area contributed by atoms with Crippen molar-refractivity contribution in [1.29, 1.82) is 0 Å². The summed E-state index contributed by atoms with van der Waals surface area (Å²) >= 11 is 0. The van der Waals surface area contributed by atoms with E-state index in [2.05, 4.69) is 45.8 Å². The fourth-order valence-corrected chi connectivity index (χ4v) is 4.68. The summed E-state index contributed by atoms with van der Waals surface area (Å²) in [4.78, 5) is 16.5. The standard InChI is InChI=1S/C27H41NO5Si/c1-21(11-16-26(29)32-20-22-10-8-9-18-28-22)25(33-34(6,7)27(2,3)4)17-19-31-24-14-12-23(30-5)13-15-24/h8-10,12-15,18,21,25H,11,16-17,19-20H2,1-7H3/t21-,25+/m0/s1. The lowest BCUT2D eigenvalue weighted by molar-refractivity contribution is -0.145. The number of esters is 1. The number of aromatic nitrogens is 1. The van der Waals surface area contributed by atoms with Gasteiger partial charge in [-0.15, -0.1) is 0 Å². The molecular formula is C27H41NO5Si. The van der Waals surface area contributed by atoms with Crippen LogP contribution in [0.3, 0.4) is 0 Å². The van der Waals surface area contributed by atoms with Crippen LogP contribution < -0.4 is 9.47 Å². The lowest BCUT2D eigenvalue weighted by atomic mass is 9.97. The van der Waals surface area contributed by atoms with E-state index < -0.39 is 8.32 Å². The average molecular weight is 488 g/mol. The Morgan fingerprint density at radius 1 is 1.03 bits per heavy atom. The molecule has 1 aromatic carbocycles. The highest BCUT2D eigenvalue weighted by Crippen LogP contribution is 2.39. The first-order chi connectivity index (χ1) is 16.0. The van der Waals surface area contributed by atoms with E-state index in [1.165, 1.54) is 0 Å². The van der Waals surface area contributed by atoms with Gasteiger partial charge >= 0.3 is 5.97 Å². The molecule has 0 saturated heterocycles. The maximum atomic E-state index is 12.3. The van der Waals surface area contributed by atoms with Gasteiger partial charge in [0.1, 0.15) is 18.1 Å². The molecule has 0 aliphatic carbocycles. The van der Waals surface area contributed by atoms with Crippen LogP contribution in [0.25, 0.3) is 0 Å². The summed E-state index contributed by atoms with van der Waals surface area (Å²) in [5, 5.41) is 0.101. The highest BCUT2D eigenvalue weighted by atomic mass is 28.4. The Morgan fingerprint density at radius 3 is 2.29 bits per heavy atom. The Labute approximate surface area is 206 Å².